The van der Waals surface area contributed by atoms with Crippen LogP contribution in [0.25, 0.3) is 17.1 Å². The maximum Gasteiger partial charge on any atom is 0.416 e. The first kappa shape index (κ1) is 22.6. The van der Waals surface area contributed by atoms with Crippen molar-refractivity contribution in [3.05, 3.63) is 59.7 Å². The number of imidazole rings is 1. The minimum atomic E-state index is -4.44. The molecule has 0 amide bonds. The van der Waals surface area contributed by atoms with E-state index in [1.54, 1.807) is 35.3 Å². The second kappa shape index (κ2) is 8.25. The quantitative estimate of drug-likeness (QED) is 0.466. The van der Waals surface area contributed by atoms with E-state index in [2.05, 4.69) is 9.97 Å². The summed E-state index contributed by atoms with van der Waals surface area (Å²) in [4.78, 5) is 23.8. The van der Waals surface area contributed by atoms with Gasteiger partial charge in [0.1, 0.15) is 12.1 Å². The zero-order valence-electron chi connectivity index (χ0n) is 19.3. The number of ketones is 1. The Balaban J connectivity index is 1.50. The standard InChI is InChI=1S/C26H27F3N4O/c1-25(2)9-8-21-20(24(25)34)6-7-23(31-21)33-15-22(30-16-33)17-12-18(26(27,28)29)14-19(13-17)32-10-4-3-5-11-32/h6-7,12-16H,3-5,8-11H2,1-2H3. The lowest BCUT2D eigenvalue weighted by Gasteiger charge is -2.29. The van der Waals surface area contributed by atoms with Crippen LogP contribution in [0, 0.1) is 5.41 Å². The predicted molar refractivity (Wildman–Crippen MR) is 124 cm³/mol. The largest absolute Gasteiger partial charge is 0.416 e. The zero-order valence-corrected chi connectivity index (χ0v) is 19.3. The molecule has 3 heterocycles. The number of Topliss-reactive ketones (excluding diaryl/α,β-unsaturated/α-hetero) is 1. The summed E-state index contributed by atoms with van der Waals surface area (Å²) in [5.74, 6) is 0.682. The minimum absolute atomic E-state index is 0.0910. The average molecular weight is 469 g/mol. The molecule has 2 aliphatic rings. The Hall–Kier alpha value is -3.16. The van der Waals surface area contributed by atoms with Gasteiger partial charge >= 0.3 is 6.18 Å². The van der Waals surface area contributed by atoms with E-state index in [0.29, 0.717) is 34.7 Å². The number of nitrogens with zero attached hydrogens (tertiary/aromatic N) is 4. The topological polar surface area (TPSA) is 51.0 Å². The molecule has 0 bridgehead atoms. The summed E-state index contributed by atoms with van der Waals surface area (Å²) in [7, 11) is 0. The molecule has 0 unspecified atom stereocenters. The van der Waals surface area contributed by atoms with Crippen molar-refractivity contribution >= 4 is 11.5 Å². The van der Waals surface area contributed by atoms with Crippen molar-refractivity contribution in [3.63, 3.8) is 0 Å². The van der Waals surface area contributed by atoms with Crippen LogP contribution in [0.5, 0.6) is 0 Å². The van der Waals surface area contributed by atoms with Gasteiger partial charge in [0.25, 0.3) is 0 Å². The van der Waals surface area contributed by atoms with E-state index in [4.69, 9.17) is 0 Å². The van der Waals surface area contributed by atoms with Crippen LogP contribution in [0.1, 0.15) is 61.1 Å². The zero-order chi connectivity index (χ0) is 24.1. The number of pyridine rings is 1. The molecule has 34 heavy (non-hydrogen) atoms. The van der Waals surface area contributed by atoms with Crippen molar-refractivity contribution in [2.75, 3.05) is 18.0 Å². The average Bonchev–Trinajstić information content (AvgIpc) is 3.32. The predicted octanol–water partition coefficient (Wildman–Crippen LogP) is 6.10. The third-order valence-corrected chi connectivity index (χ3v) is 6.91. The highest BCUT2D eigenvalue weighted by Crippen LogP contribution is 2.37. The van der Waals surface area contributed by atoms with Crippen molar-refractivity contribution in [2.45, 2.75) is 52.1 Å². The summed E-state index contributed by atoms with van der Waals surface area (Å²) in [6.45, 7) is 5.40. The van der Waals surface area contributed by atoms with Crippen molar-refractivity contribution in [1.82, 2.24) is 14.5 Å². The molecular formula is C26H27F3N4O. The van der Waals surface area contributed by atoms with Crippen LogP contribution >= 0.6 is 0 Å². The molecule has 1 saturated heterocycles. The lowest BCUT2D eigenvalue weighted by molar-refractivity contribution is -0.137. The second-order valence-corrected chi connectivity index (χ2v) is 9.86. The molecule has 3 aromatic rings. The van der Waals surface area contributed by atoms with E-state index in [1.807, 2.05) is 18.7 Å². The summed E-state index contributed by atoms with van der Waals surface area (Å²) in [6, 6.07) is 7.72. The first-order valence-corrected chi connectivity index (χ1v) is 11.7. The number of fused-ring (bicyclic) bond motifs is 1. The van der Waals surface area contributed by atoms with Gasteiger partial charge < -0.3 is 4.90 Å². The van der Waals surface area contributed by atoms with Gasteiger partial charge in [-0.3, -0.25) is 9.36 Å². The molecule has 5 nitrogen and oxygen atoms in total. The molecule has 2 aromatic heterocycles. The number of halogens is 3. The number of piperidine rings is 1. The number of aromatic nitrogens is 3. The summed E-state index contributed by atoms with van der Waals surface area (Å²) in [6.07, 6.45) is 3.30. The number of rotatable bonds is 3. The van der Waals surface area contributed by atoms with Gasteiger partial charge in [-0.2, -0.15) is 13.2 Å². The summed E-state index contributed by atoms with van der Waals surface area (Å²) < 4.78 is 42.7. The maximum absolute atomic E-state index is 13.7. The van der Waals surface area contributed by atoms with E-state index in [9.17, 15) is 18.0 Å². The number of hydrogen-bond acceptors (Lipinski definition) is 4. The van der Waals surface area contributed by atoms with Gasteiger partial charge in [-0.05, 0) is 62.4 Å². The number of hydrogen-bond donors (Lipinski definition) is 0. The fourth-order valence-corrected chi connectivity index (χ4v) is 4.79. The highest BCUT2D eigenvalue weighted by molar-refractivity contribution is 6.02. The minimum Gasteiger partial charge on any atom is -0.372 e. The van der Waals surface area contributed by atoms with Crippen LogP contribution in [-0.2, 0) is 12.6 Å². The van der Waals surface area contributed by atoms with Gasteiger partial charge in [0.05, 0.1) is 17.0 Å². The fraction of sp³-hybridized carbons (Fsp3) is 0.423. The first-order valence-electron chi connectivity index (χ1n) is 11.7. The normalized spacial score (nSPS) is 18.1. The number of carbonyl (C=O) groups is 1. The lowest BCUT2D eigenvalue weighted by Crippen LogP contribution is -2.31. The fourth-order valence-electron chi connectivity index (χ4n) is 4.79. The van der Waals surface area contributed by atoms with Gasteiger partial charge in [0.2, 0.25) is 0 Å². The molecule has 8 heteroatoms. The Kier molecular flexibility index (Phi) is 5.49. The van der Waals surface area contributed by atoms with Crippen LogP contribution in [0.2, 0.25) is 0 Å². The Labute approximate surface area is 196 Å². The molecular weight excluding hydrogens is 441 g/mol. The molecule has 0 atom stereocenters. The van der Waals surface area contributed by atoms with E-state index in [1.165, 1.54) is 6.07 Å². The molecule has 0 radical (unpaired) electrons. The van der Waals surface area contributed by atoms with E-state index >= 15 is 0 Å². The molecule has 1 fully saturated rings. The smallest absolute Gasteiger partial charge is 0.372 e. The number of alkyl halides is 3. The Morgan fingerprint density at radius 3 is 2.53 bits per heavy atom. The van der Waals surface area contributed by atoms with E-state index < -0.39 is 17.2 Å². The van der Waals surface area contributed by atoms with E-state index in [0.717, 1.165) is 50.5 Å². The summed E-state index contributed by atoms with van der Waals surface area (Å²) >= 11 is 0. The molecule has 0 saturated carbocycles. The maximum atomic E-state index is 13.7. The van der Waals surface area contributed by atoms with Gasteiger partial charge in [-0.25, -0.2) is 9.97 Å². The molecule has 1 aliphatic carbocycles. The SMILES string of the molecule is CC1(C)CCc2nc(-n3cnc(-c4cc(N5CCCCC5)cc(C(F)(F)F)c4)c3)ccc2C1=O. The van der Waals surface area contributed by atoms with Crippen LogP contribution in [-0.4, -0.2) is 33.4 Å². The van der Waals surface area contributed by atoms with Crippen LogP contribution < -0.4 is 4.90 Å². The van der Waals surface area contributed by atoms with Gasteiger partial charge in [0.15, 0.2) is 5.78 Å². The molecule has 5 rings (SSSR count). The summed E-state index contributed by atoms with van der Waals surface area (Å²) in [5, 5.41) is 0. The molecule has 0 spiro atoms. The Morgan fingerprint density at radius 2 is 1.79 bits per heavy atom. The number of benzene rings is 1. The highest BCUT2D eigenvalue weighted by Gasteiger charge is 2.35. The second-order valence-electron chi connectivity index (χ2n) is 9.86. The number of aryl methyl sites for hydroxylation is 1. The van der Waals surface area contributed by atoms with Crippen LogP contribution in [0.3, 0.4) is 0 Å². The Morgan fingerprint density at radius 1 is 1.03 bits per heavy atom. The Bertz CT molecular complexity index is 1240. The lowest BCUT2D eigenvalue weighted by atomic mass is 9.75. The molecule has 1 aromatic carbocycles. The van der Waals surface area contributed by atoms with Crippen molar-refractivity contribution < 1.29 is 18.0 Å². The van der Waals surface area contributed by atoms with Gasteiger partial charge in [-0.15, -0.1) is 0 Å². The molecule has 1 aliphatic heterocycles. The van der Waals surface area contributed by atoms with Crippen molar-refractivity contribution in [3.8, 4) is 17.1 Å². The van der Waals surface area contributed by atoms with Crippen molar-refractivity contribution in [2.24, 2.45) is 5.41 Å². The van der Waals surface area contributed by atoms with Gasteiger partial charge in [0, 0.05) is 41.5 Å². The van der Waals surface area contributed by atoms with Crippen LogP contribution in [0.4, 0.5) is 18.9 Å². The third kappa shape index (κ3) is 4.21. The summed E-state index contributed by atoms with van der Waals surface area (Å²) in [5.41, 5.74) is 1.77. The highest BCUT2D eigenvalue weighted by atomic mass is 19.4. The van der Waals surface area contributed by atoms with Crippen molar-refractivity contribution in [1.29, 1.82) is 0 Å². The number of carbonyl (C=O) groups excluding carboxylic acids is 1. The third-order valence-electron chi connectivity index (χ3n) is 6.91. The van der Waals surface area contributed by atoms with Gasteiger partial charge in [-0.1, -0.05) is 13.8 Å². The molecule has 178 valence electrons. The monoisotopic (exact) mass is 468 g/mol. The number of anilines is 1. The van der Waals surface area contributed by atoms with Crippen LogP contribution in [0.15, 0.2) is 42.9 Å². The van der Waals surface area contributed by atoms with E-state index in [-0.39, 0.29) is 5.78 Å². The molecule has 0 N–H and O–H groups in total. The first-order chi connectivity index (χ1) is 16.1.